The van der Waals surface area contributed by atoms with Gasteiger partial charge in [-0.2, -0.15) is 0 Å². The molecule has 1 atom stereocenters. The van der Waals surface area contributed by atoms with Crippen LogP contribution in [0, 0.1) is 0 Å². The fraction of sp³-hybridized carbons (Fsp3) is 0.179. The molecule has 7 heteroatoms. The molecule has 0 saturated heterocycles. The zero-order chi connectivity index (χ0) is 24.5. The SMILES string of the molecule is CCOC(=O)C1=C(C)N=c2s/c(=C\c3ccc(OC)cc3)c(=O)n2[C@H]1c1cccc2ccccc12. The lowest BCUT2D eigenvalue weighted by Crippen LogP contribution is -2.40. The second-order valence-corrected chi connectivity index (χ2v) is 9.15. The number of carbonyl (C=O) groups is 1. The molecule has 1 aliphatic heterocycles. The average molecular weight is 485 g/mol. The van der Waals surface area contributed by atoms with Crippen molar-refractivity contribution in [1.29, 1.82) is 0 Å². The van der Waals surface area contributed by atoms with Crippen LogP contribution in [0.4, 0.5) is 0 Å². The second kappa shape index (κ2) is 9.35. The molecular weight excluding hydrogens is 460 g/mol. The summed E-state index contributed by atoms with van der Waals surface area (Å²) in [5.74, 6) is 0.283. The number of hydrogen-bond donors (Lipinski definition) is 0. The maximum absolute atomic E-state index is 13.8. The number of fused-ring (bicyclic) bond motifs is 2. The first-order chi connectivity index (χ1) is 17.0. The van der Waals surface area contributed by atoms with Crippen molar-refractivity contribution in [2.75, 3.05) is 13.7 Å². The lowest BCUT2D eigenvalue weighted by atomic mass is 9.91. The lowest BCUT2D eigenvalue weighted by molar-refractivity contribution is -0.139. The Balaban J connectivity index is 1.77. The van der Waals surface area contributed by atoms with Crippen LogP contribution in [0.5, 0.6) is 5.75 Å². The van der Waals surface area contributed by atoms with Gasteiger partial charge in [0.15, 0.2) is 4.80 Å². The van der Waals surface area contributed by atoms with Gasteiger partial charge in [0.05, 0.1) is 35.6 Å². The predicted octanol–water partition coefficient (Wildman–Crippen LogP) is 3.96. The third kappa shape index (κ3) is 4.08. The lowest BCUT2D eigenvalue weighted by Gasteiger charge is -2.25. The van der Waals surface area contributed by atoms with Crippen LogP contribution in [0.25, 0.3) is 16.8 Å². The molecule has 0 fully saturated rings. The molecule has 5 rings (SSSR count). The maximum atomic E-state index is 13.8. The largest absolute Gasteiger partial charge is 0.497 e. The zero-order valence-corrected chi connectivity index (χ0v) is 20.5. The summed E-state index contributed by atoms with van der Waals surface area (Å²) in [5, 5.41) is 2.00. The van der Waals surface area contributed by atoms with Gasteiger partial charge in [-0.1, -0.05) is 65.9 Å². The first kappa shape index (κ1) is 22.8. The minimum Gasteiger partial charge on any atom is -0.497 e. The number of nitrogens with zero attached hydrogens (tertiary/aromatic N) is 2. The van der Waals surface area contributed by atoms with Crippen LogP contribution in [0.15, 0.2) is 87.8 Å². The molecule has 0 N–H and O–H groups in total. The first-order valence-corrected chi connectivity index (χ1v) is 12.1. The molecule has 35 heavy (non-hydrogen) atoms. The topological polar surface area (TPSA) is 69.9 Å². The molecule has 0 spiro atoms. The van der Waals surface area contributed by atoms with Gasteiger partial charge >= 0.3 is 5.97 Å². The molecular formula is C28H24N2O4S. The first-order valence-electron chi connectivity index (χ1n) is 11.3. The van der Waals surface area contributed by atoms with E-state index in [2.05, 4.69) is 4.99 Å². The molecule has 3 aromatic carbocycles. The van der Waals surface area contributed by atoms with Crippen LogP contribution >= 0.6 is 11.3 Å². The fourth-order valence-corrected chi connectivity index (χ4v) is 5.47. The Morgan fingerprint density at radius 3 is 2.57 bits per heavy atom. The number of benzene rings is 3. The summed E-state index contributed by atoms with van der Waals surface area (Å²) in [6.45, 7) is 3.80. The van der Waals surface area contributed by atoms with E-state index < -0.39 is 12.0 Å². The van der Waals surface area contributed by atoms with Crippen LogP contribution < -0.4 is 19.6 Å². The molecule has 0 saturated carbocycles. The molecule has 0 aliphatic carbocycles. The number of ether oxygens (including phenoxy) is 2. The van der Waals surface area contributed by atoms with E-state index in [0.29, 0.717) is 20.6 Å². The van der Waals surface area contributed by atoms with E-state index in [1.807, 2.05) is 72.8 Å². The highest BCUT2D eigenvalue weighted by Gasteiger charge is 2.34. The van der Waals surface area contributed by atoms with E-state index in [1.54, 1.807) is 25.5 Å². The number of hydrogen-bond acceptors (Lipinski definition) is 6. The van der Waals surface area contributed by atoms with Gasteiger partial charge in [-0.3, -0.25) is 9.36 Å². The summed E-state index contributed by atoms with van der Waals surface area (Å²) in [5.41, 5.74) is 2.47. The zero-order valence-electron chi connectivity index (χ0n) is 19.6. The standard InChI is InChI=1S/C28H24N2O4S/c1-4-34-27(32)24-17(2)29-28-30(25(24)22-11-7-9-19-8-5-6-10-21(19)22)26(31)23(35-28)16-18-12-14-20(33-3)15-13-18/h5-16,25H,4H2,1-3H3/b23-16-/t25-/m0/s1. The van der Waals surface area contributed by atoms with Crippen molar-refractivity contribution in [3.63, 3.8) is 0 Å². The Morgan fingerprint density at radius 2 is 1.83 bits per heavy atom. The predicted molar refractivity (Wildman–Crippen MR) is 137 cm³/mol. The molecule has 6 nitrogen and oxygen atoms in total. The summed E-state index contributed by atoms with van der Waals surface area (Å²) in [4.78, 5) is 32.1. The normalized spacial score (nSPS) is 15.6. The minimum absolute atomic E-state index is 0.197. The second-order valence-electron chi connectivity index (χ2n) is 8.14. The summed E-state index contributed by atoms with van der Waals surface area (Å²) >= 11 is 1.31. The molecule has 2 heterocycles. The number of aromatic nitrogens is 1. The van der Waals surface area contributed by atoms with Gasteiger partial charge in [0.2, 0.25) is 0 Å². The monoisotopic (exact) mass is 484 g/mol. The molecule has 0 radical (unpaired) electrons. The van der Waals surface area contributed by atoms with Gasteiger partial charge in [-0.15, -0.1) is 0 Å². The van der Waals surface area contributed by atoms with Crippen LogP contribution in [-0.4, -0.2) is 24.3 Å². The van der Waals surface area contributed by atoms with E-state index in [9.17, 15) is 9.59 Å². The number of esters is 1. The van der Waals surface area contributed by atoms with E-state index in [0.717, 1.165) is 27.6 Å². The van der Waals surface area contributed by atoms with Gasteiger partial charge in [-0.05, 0) is 54.0 Å². The number of carbonyl (C=O) groups excluding carboxylic acids is 1. The van der Waals surface area contributed by atoms with Crippen molar-refractivity contribution < 1.29 is 14.3 Å². The average Bonchev–Trinajstić information content (AvgIpc) is 3.17. The number of allylic oxidation sites excluding steroid dienone is 1. The van der Waals surface area contributed by atoms with Crippen molar-refractivity contribution >= 4 is 34.2 Å². The van der Waals surface area contributed by atoms with E-state index >= 15 is 0 Å². The van der Waals surface area contributed by atoms with Gasteiger partial charge in [0.25, 0.3) is 5.56 Å². The van der Waals surface area contributed by atoms with Crippen molar-refractivity contribution in [2.24, 2.45) is 4.99 Å². The van der Waals surface area contributed by atoms with Crippen molar-refractivity contribution in [1.82, 2.24) is 4.57 Å². The van der Waals surface area contributed by atoms with Gasteiger partial charge in [0, 0.05) is 0 Å². The maximum Gasteiger partial charge on any atom is 0.338 e. The molecule has 1 aromatic heterocycles. The highest BCUT2D eigenvalue weighted by Crippen LogP contribution is 2.34. The fourth-order valence-electron chi connectivity index (χ4n) is 4.43. The number of rotatable bonds is 5. The van der Waals surface area contributed by atoms with Gasteiger partial charge in [0.1, 0.15) is 5.75 Å². The Hall–Kier alpha value is -3.97. The highest BCUT2D eigenvalue weighted by molar-refractivity contribution is 7.07. The molecule has 0 bridgehead atoms. The van der Waals surface area contributed by atoms with Gasteiger partial charge < -0.3 is 9.47 Å². The minimum atomic E-state index is -0.644. The van der Waals surface area contributed by atoms with Crippen LogP contribution in [0.3, 0.4) is 0 Å². The highest BCUT2D eigenvalue weighted by atomic mass is 32.1. The van der Waals surface area contributed by atoms with Crippen LogP contribution in [0.2, 0.25) is 0 Å². The van der Waals surface area contributed by atoms with E-state index in [-0.39, 0.29) is 12.2 Å². The number of methoxy groups -OCH3 is 1. The van der Waals surface area contributed by atoms with Crippen LogP contribution in [0.1, 0.15) is 31.0 Å². The Bertz CT molecular complexity index is 1640. The van der Waals surface area contributed by atoms with Crippen LogP contribution in [-0.2, 0) is 9.53 Å². The van der Waals surface area contributed by atoms with Gasteiger partial charge in [-0.25, -0.2) is 9.79 Å². The molecule has 176 valence electrons. The van der Waals surface area contributed by atoms with E-state index in [1.165, 1.54) is 11.3 Å². The van der Waals surface area contributed by atoms with E-state index in [4.69, 9.17) is 9.47 Å². The quantitative estimate of drug-likeness (QED) is 0.402. The Labute approximate surface area is 206 Å². The van der Waals surface area contributed by atoms with Crippen molar-refractivity contribution in [2.45, 2.75) is 19.9 Å². The summed E-state index contributed by atoms with van der Waals surface area (Å²) < 4.78 is 12.8. The molecule has 0 unspecified atom stereocenters. The Morgan fingerprint density at radius 1 is 1.09 bits per heavy atom. The third-order valence-electron chi connectivity index (χ3n) is 6.05. The summed E-state index contributed by atoms with van der Waals surface area (Å²) in [6, 6.07) is 20.7. The number of thiazole rings is 1. The molecule has 4 aromatic rings. The summed E-state index contributed by atoms with van der Waals surface area (Å²) in [7, 11) is 1.61. The molecule has 0 amide bonds. The summed E-state index contributed by atoms with van der Waals surface area (Å²) in [6.07, 6.45) is 1.84. The van der Waals surface area contributed by atoms with Crippen molar-refractivity contribution in [3.05, 3.63) is 109 Å². The molecule has 1 aliphatic rings. The van der Waals surface area contributed by atoms with Crippen molar-refractivity contribution in [3.8, 4) is 5.75 Å². The Kier molecular flexibility index (Phi) is 6.09. The smallest absolute Gasteiger partial charge is 0.338 e. The third-order valence-corrected chi connectivity index (χ3v) is 7.03.